The number of halogens is 1. The lowest BCUT2D eigenvalue weighted by Crippen LogP contribution is -2.48. The highest BCUT2D eigenvalue weighted by molar-refractivity contribution is 7.91. The van der Waals surface area contributed by atoms with Gasteiger partial charge in [0.15, 0.2) is 0 Å². The maximum atomic E-state index is 12.7. The SMILES string of the molecule is CC(C)(C)N(C(=O)O)S(=O)(=O)c1nnc(-c2ccc(OCCCCl)cc2)s1. The molecule has 1 amide bonds. The Bertz CT molecular complexity index is 892. The maximum Gasteiger partial charge on any atom is 0.421 e. The van der Waals surface area contributed by atoms with Gasteiger partial charge in [-0.1, -0.05) is 11.3 Å². The minimum absolute atomic E-state index is 0.361. The molecule has 11 heteroatoms. The number of alkyl halides is 1. The molecule has 0 bridgehead atoms. The Morgan fingerprint density at radius 3 is 2.41 bits per heavy atom. The standard InChI is InChI=1S/C16H20ClN3O5S2/c1-16(2,3)20(15(21)22)27(23,24)14-19-18-13(26-14)11-5-7-12(8-6-11)25-10-4-9-17/h5-8H,4,9-10H2,1-3H3,(H,21,22). The number of aromatic nitrogens is 2. The van der Waals surface area contributed by atoms with Crippen molar-refractivity contribution >= 4 is 39.1 Å². The van der Waals surface area contributed by atoms with E-state index in [1.165, 1.54) is 20.8 Å². The van der Waals surface area contributed by atoms with E-state index in [4.69, 9.17) is 16.3 Å². The normalized spacial score (nSPS) is 12.0. The molecule has 0 aliphatic heterocycles. The van der Waals surface area contributed by atoms with Crippen molar-refractivity contribution in [1.82, 2.24) is 14.5 Å². The molecule has 0 aliphatic rings. The molecule has 148 valence electrons. The van der Waals surface area contributed by atoms with Crippen LogP contribution in [0.4, 0.5) is 4.79 Å². The van der Waals surface area contributed by atoms with Gasteiger partial charge in [0.2, 0.25) is 0 Å². The number of carboxylic acid groups (broad SMARTS) is 1. The van der Waals surface area contributed by atoms with E-state index in [0.717, 1.165) is 17.8 Å². The van der Waals surface area contributed by atoms with Crippen molar-refractivity contribution in [2.45, 2.75) is 37.1 Å². The van der Waals surface area contributed by atoms with E-state index in [9.17, 15) is 18.3 Å². The van der Waals surface area contributed by atoms with Gasteiger partial charge in [-0.05, 0) is 51.5 Å². The Labute approximate surface area is 166 Å². The predicted molar refractivity (Wildman–Crippen MR) is 103 cm³/mol. The van der Waals surface area contributed by atoms with Crippen LogP contribution in [0.1, 0.15) is 27.2 Å². The maximum absolute atomic E-state index is 12.7. The van der Waals surface area contributed by atoms with Crippen LogP contribution in [0.5, 0.6) is 5.75 Å². The molecule has 0 aliphatic carbocycles. The van der Waals surface area contributed by atoms with E-state index in [2.05, 4.69) is 10.2 Å². The summed E-state index contributed by atoms with van der Waals surface area (Å²) in [5.74, 6) is 1.17. The van der Waals surface area contributed by atoms with Crippen molar-refractivity contribution in [3.63, 3.8) is 0 Å². The minimum Gasteiger partial charge on any atom is -0.494 e. The molecule has 2 aromatic rings. The third-order valence-corrected chi connectivity index (χ3v) is 6.92. The summed E-state index contributed by atoms with van der Waals surface area (Å²) in [5, 5.41) is 17.3. The molecular formula is C16H20ClN3O5S2. The van der Waals surface area contributed by atoms with Gasteiger partial charge in [0, 0.05) is 11.4 Å². The monoisotopic (exact) mass is 433 g/mol. The molecule has 8 nitrogen and oxygen atoms in total. The summed E-state index contributed by atoms with van der Waals surface area (Å²) < 4.78 is 30.9. The number of nitrogens with zero attached hydrogens (tertiary/aromatic N) is 3. The van der Waals surface area contributed by atoms with Gasteiger partial charge in [0.05, 0.1) is 12.1 Å². The fraction of sp³-hybridized carbons (Fsp3) is 0.438. The lowest BCUT2D eigenvalue weighted by molar-refractivity contribution is 0.146. The summed E-state index contributed by atoms with van der Waals surface area (Å²) in [7, 11) is -4.33. The number of benzene rings is 1. The largest absolute Gasteiger partial charge is 0.494 e. The Hall–Kier alpha value is -1.91. The molecule has 0 spiro atoms. The van der Waals surface area contributed by atoms with Crippen LogP contribution in [0.2, 0.25) is 0 Å². The van der Waals surface area contributed by atoms with Crippen LogP contribution in [0.15, 0.2) is 28.6 Å². The number of hydrogen-bond donors (Lipinski definition) is 1. The van der Waals surface area contributed by atoms with Crippen molar-refractivity contribution in [2.24, 2.45) is 0 Å². The van der Waals surface area contributed by atoms with Crippen molar-refractivity contribution < 1.29 is 23.1 Å². The molecule has 0 fully saturated rings. The zero-order chi connectivity index (χ0) is 20.2. The van der Waals surface area contributed by atoms with Crippen molar-refractivity contribution in [3.05, 3.63) is 24.3 Å². The highest BCUT2D eigenvalue weighted by atomic mass is 35.5. The number of sulfonamides is 1. The lowest BCUT2D eigenvalue weighted by atomic mass is 10.1. The van der Waals surface area contributed by atoms with E-state index in [0.29, 0.717) is 33.1 Å². The molecule has 0 unspecified atom stereocenters. The van der Waals surface area contributed by atoms with Crippen LogP contribution in [0, 0.1) is 0 Å². The number of rotatable bonds is 7. The fourth-order valence-corrected chi connectivity index (χ4v) is 5.00. The van der Waals surface area contributed by atoms with Crippen molar-refractivity contribution in [2.75, 3.05) is 12.5 Å². The van der Waals surface area contributed by atoms with Crippen LogP contribution in [0.3, 0.4) is 0 Å². The zero-order valence-corrected chi connectivity index (χ0v) is 17.4. The molecule has 2 rings (SSSR count). The van der Waals surface area contributed by atoms with E-state index < -0.39 is 21.7 Å². The van der Waals surface area contributed by atoms with Gasteiger partial charge in [-0.15, -0.1) is 21.8 Å². The third kappa shape index (κ3) is 5.08. The number of hydrogen-bond acceptors (Lipinski definition) is 7. The Morgan fingerprint density at radius 1 is 1.26 bits per heavy atom. The molecular weight excluding hydrogens is 414 g/mol. The molecule has 0 saturated carbocycles. The molecule has 0 atom stereocenters. The van der Waals surface area contributed by atoms with Gasteiger partial charge >= 0.3 is 6.09 Å². The molecule has 1 N–H and O–H groups in total. The number of amides is 1. The molecule has 1 aromatic carbocycles. The van der Waals surface area contributed by atoms with Crippen LogP contribution in [-0.4, -0.2) is 52.1 Å². The summed E-state index contributed by atoms with van der Waals surface area (Å²) in [6, 6.07) is 6.92. The van der Waals surface area contributed by atoms with Gasteiger partial charge in [0.1, 0.15) is 10.8 Å². The quantitative estimate of drug-likeness (QED) is 0.523. The van der Waals surface area contributed by atoms with Gasteiger partial charge in [-0.25, -0.2) is 4.79 Å². The summed E-state index contributed by atoms with van der Waals surface area (Å²) in [6.07, 6.45) is -0.841. The first-order valence-electron chi connectivity index (χ1n) is 7.98. The highest BCUT2D eigenvalue weighted by Crippen LogP contribution is 2.31. The molecule has 1 heterocycles. The molecule has 0 saturated heterocycles. The summed E-state index contributed by atoms with van der Waals surface area (Å²) in [5.41, 5.74) is -0.505. The zero-order valence-electron chi connectivity index (χ0n) is 15.0. The molecule has 1 aromatic heterocycles. The van der Waals surface area contributed by atoms with Crippen LogP contribution < -0.4 is 4.74 Å². The first-order valence-corrected chi connectivity index (χ1v) is 10.8. The first kappa shape index (κ1) is 21.4. The van der Waals surface area contributed by atoms with E-state index in [1.807, 2.05) is 0 Å². The van der Waals surface area contributed by atoms with Gasteiger partial charge < -0.3 is 9.84 Å². The molecule has 27 heavy (non-hydrogen) atoms. The second kappa shape index (κ2) is 8.41. The predicted octanol–water partition coefficient (Wildman–Crippen LogP) is 3.68. The molecule has 0 radical (unpaired) electrons. The topological polar surface area (TPSA) is 110 Å². The van der Waals surface area contributed by atoms with Crippen LogP contribution in [0.25, 0.3) is 10.6 Å². The summed E-state index contributed by atoms with van der Waals surface area (Å²) >= 11 is 6.41. The van der Waals surface area contributed by atoms with E-state index in [1.54, 1.807) is 24.3 Å². The van der Waals surface area contributed by atoms with Crippen LogP contribution >= 0.6 is 22.9 Å². The van der Waals surface area contributed by atoms with E-state index in [-0.39, 0.29) is 4.34 Å². The minimum atomic E-state index is -4.33. The Balaban J connectivity index is 2.26. The Kier molecular flexibility index (Phi) is 6.66. The third-order valence-electron chi connectivity index (χ3n) is 3.30. The second-order valence-electron chi connectivity index (χ2n) is 6.51. The van der Waals surface area contributed by atoms with Gasteiger partial charge in [0.25, 0.3) is 14.4 Å². The second-order valence-corrected chi connectivity index (χ2v) is 9.83. The highest BCUT2D eigenvalue weighted by Gasteiger charge is 2.40. The fourth-order valence-electron chi connectivity index (χ4n) is 2.20. The number of ether oxygens (including phenoxy) is 1. The average Bonchev–Trinajstić information content (AvgIpc) is 3.04. The van der Waals surface area contributed by atoms with Gasteiger partial charge in [-0.3, -0.25) is 0 Å². The van der Waals surface area contributed by atoms with Crippen molar-refractivity contribution in [1.29, 1.82) is 0 Å². The average molecular weight is 434 g/mol. The van der Waals surface area contributed by atoms with Gasteiger partial charge in [-0.2, -0.15) is 12.7 Å². The summed E-state index contributed by atoms with van der Waals surface area (Å²) in [6.45, 7) is 4.97. The number of carbonyl (C=O) groups is 1. The Morgan fingerprint density at radius 2 is 1.89 bits per heavy atom. The summed E-state index contributed by atoms with van der Waals surface area (Å²) in [4.78, 5) is 11.5. The first-order chi connectivity index (χ1) is 12.6. The van der Waals surface area contributed by atoms with E-state index >= 15 is 0 Å². The smallest absolute Gasteiger partial charge is 0.421 e. The van der Waals surface area contributed by atoms with Crippen molar-refractivity contribution in [3.8, 4) is 16.3 Å². The van der Waals surface area contributed by atoms with Crippen LogP contribution in [-0.2, 0) is 10.0 Å². The lowest BCUT2D eigenvalue weighted by Gasteiger charge is -2.30.